The number of aliphatic hydroxyl groups is 1. The number of amides is 2. The number of carbonyl (C=O) groups is 2. The van der Waals surface area contributed by atoms with E-state index in [0.717, 1.165) is 5.56 Å². The average molecular weight is 292 g/mol. The van der Waals surface area contributed by atoms with Crippen molar-refractivity contribution < 1.29 is 14.7 Å². The highest BCUT2D eigenvalue weighted by atomic mass is 16.3. The van der Waals surface area contributed by atoms with Crippen molar-refractivity contribution >= 4 is 11.8 Å². The second-order valence-electron chi connectivity index (χ2n) is 6.23. The van der Waals surface area contributed by atoms with Crippen LogP contribution in [0.1, 0.15) is 37.3 Å². The third-order valence-corrected chi connectivity index (χ3v) is 4.65. The minimum absolute atomic E-state index is 0.164. The van der Waals surface area contributed by atoms with Crippen LogP contribution in [0.5, 0.6) is 0 Å². The van der Waals surface area contributed by atoms with E-state index in [-0.39, 0.29) is 24.0 Å². The van der Waals surface area contributed by atoms with E-state index in [0.29, 0.717) is 25.7 Å². The number of hydrogen-bond donors (Lipinski definition) is 3. The number of primary amides is 1. The lowest BCUT2D eigenvalue weighted by Gasteiger charge is -2.38. The monoisotopic (exact) mass is 292 g/mol. The summed E-state index contributed by atoms with van der Waals surface area (Å²) >= 11 is 0. The fourth-order valence-electron chi connectivity index (χ4n) is 2.97. The molecule has 1 heterocycles. The van der Waals surface area contributed by atoms with Crippen LogP contribution in [0.25, 0.3) is 0 Å². The van der Waals surface area contributed by atoms with Gasteiger partial charge in [0.15, 0.2) is 0 Å². The molecular formula is C14H20N4O3. The van der Waals surface area contributed by atoms with Crippen molar-refractivity contribution in [2.24, 2.45) is 24.1 Å². The van der Waals surface area contributed by atoms with Crippen LogP contribution in [0.2, 0.25) is 0 Å². The third-order valence-electron chi connectivity index (χ3n) is 4.65. The summed E-state index contributed by atoms with van der Waals surface area (Å²) in [6.45, 7) is 0. The molecule has 2 fully saturated rings. The van der Waals surface area contributed by atoms with Crippen molar-refractivity contribution in [2.45, 2.75) is 37.8 Å². The van der Waals surface area contributed by atoms with Gasteiger partial charge in [-0.05, 0) is 31.6 Å². The van der Waals surface area contributed by atoms with E-state index in [1.54, 1.807) is 10.9 Å². The number of aryl methyl sites for hydroxylation is 1. The van der Waals surface area contributed by atoms with Gasteiger partial charge in [0.25, 0.3) is 0 Å². The molecule has 114 valence electrons. The molecule has 1 aromatic heterocycles. The van der Waals surface area contributed by atoms with Gasteiger partial charge in [0, 0.05) is 18.8 Å². The van der Waals surface area contributed by atoms with Gasteiger partial charge in [-0.15, -0.1) is 0 Å². The summed E-state index contributed by atoms with van der Waals surface area (Å²) in [5, 5.41) is 16.6. The number of nitrogens with one attached hydrogen (secondary N) is 1. The van der Waals surface area contributed by atoms with Gasteiger partial charge in [0.2, 0.25) is 11.8 Å². The molecule has 1 atom stereocenters. The summed E-state index contributed by atoms with van der Waals surface area (Å²) in [5.41, 5.74) is 5.21. The molecule has 1 unspecified atom stereocenters. The molecule has 0 saturated heterocycles. The Labute approximate surface area is 122 Å². The second kappa shape index (κ2) is 4.84. The molecule has 21 heavy (non-hydrogen) atoms. The van der Waals surface area contributed by atoms with Crippen molar-refractivity contribution in [2.75, 3.05) is 0 Å². The molecule has 0 aliphatic heterocycles. The highest BCUT2D eigenvalue weighted by Crippen LogP contribution is 2.47. The first-order valence-corrected chi connectivity index (χ1v) is 7.20. The smallest absolute Gasteiger partial charge is 0.236 e. The SMILES string of the molecule is Cn1cc(C(NC(=O)C2(C(N)=O)CC2)C2CC(O)C2)cn1. The van der Waals surface area contributed by atoms with Crippen molar-refractivity contribution in [1.29, 1.82) is 0 Å². The lowest BCUT2D eigenvalue weighted by atomic mass is 9.75. The maximum atomic E-state index is 12.4. The largest absolute Gasteiger partial charge is 0.393 e. The van der Waals surface area contributed by atoms with Crippen LogP contribution in [-0.4, -0.2) is 32.8 Å². The van der Waals surface area contributed by atoms with Crippen LogP contribution in [0, 0.1) is 11.3 Å². The van der Waals surface area contributed by atoms with Crippen molar-refractivity contribution in [1.82, 2.24) is 15.1 Å². The van der Waals surface area contributed by atoms with Gasteiger partial charge in [0.05, 0.1) is 18.3 Å². The number of nitrogens with two attached hydrogens (primary N) is 1. The quantitative estimate of drug-likeness (QED) is 0.642. The van der Waals surface area contributed by atoms with Crippen LogP contribution < -0.4 is 11.1 Å². The molecule has 7 heteroatoms. The van der Waals surface area contributed by atoms with Gasteiger partial charge in [-0.3, -0.25) is 14.3 Å². The zero-order chi connectivity index (χ0) is 15.2. The molecule has 0 aromatic carbocycles. The van der Waals surface area contributed by atoms with E-state index in [1.165, 1.54) is 0 Å². The Morgan fingerprint density at radius 3 is 2.62 bits per heavy atom. The second-order valence-corrected chi connectivity index (χ2v) is 6.23. The van der Waals surface area contributed by atoms with Crippen LogP contribution in [0.15, 0.2) is 12.4 Å². The summed E-state index contributed by atoms with van der Waals surface area (Å²) in [4.78, 5) is 23.8. The lowest BCUT2D eigenvalue weighted by molar-refractivity contribution is -0.136. The topological polar surface area (TPSA) is 110 Å². The molecule has 4 N–H and O–H groups in total. The summed E-state index contributed by atoms with van der Waals surface area (Å²) < 4.78 is 1.67. The van der Waals surface area contributed by atoms with Crippen molar-refractivity contribution in [3.05, 3.63) is 18.0 Å². The van der Waals surface area contributed by atoms with Crippen molar-refractivity contribution in [3.8, 4) is 0 Å². The Morgan fingerprint density at radius 2 is 2.19 bits per heavy atom. The molecular weight excluding hydrogens is 272 g/mol. The zero-order valence-electron chi connectivity index (χ0n) is 12.0. The summed E-state index contributed by atoms with van der Waals surface area (Å²) in [6.07, 6.45) is 5.56. The predicted molar refractivity (Wildman–Crippen MR) is 73.7 cm³/mol. The van der Waals surface area contributed by atoms with Gasteiger partial charge in [-0.2, -0.15) is 5.10 Å². The van der Waals surface area contributed by atoms with Gasteiger partial charge in [-0.25, -0.2) is 0 Å². The summed E-state index contributed by atoms with van der Waals surface area (Å²) in [7, 11) is 1.81. The normalized spacial score (nSPS) is 27.5. The number of nitrogens with zero attached hydrogens (tertiary/aromatic N) is 2. The molecule has 2 saturated carbocycles. The molecule has 0 radical (unpaired) electrons. The van der Waals surface area contributed by atoms with Crippen molar-refractivity contribution in [3.63, 3.8) is 0 Å². The number of hydrogen-bond acceptors (Lipinski definition) is 4. The maximum Gasteiger partial charge on any atom is 0.236 e. The van der Waals surface area contributed by atoms with E-state index >= 15 is 0 Å². The van der Waals surface area contributed by atoms with Gasteiger partial charge in [0.1, 0.15) is 5.41 Å². The van der Waals surface area contributed by atoms with E-state index in [1.807, 2.05) is 13.2 Å². The highest BCUT2D eigenvalue weighted by molar-refractivity contribution is 6.07. The maximum absolute atomic E-state index is 12.4. The molecule has 1 aromatic rings. The first kappa shape index (κ1) is 14.1. The molecule has 2 aliphatic rings. The van der Waals surface area contributed by atoms with Crippen LogP contribution in [-0.2, 0) is 16.6 Å². The predicted octanol–water partition coefficient (Wildman–Crippen LogP) is -0.386. The third kappa shape index (κ3) is 2.42. The number of carbonyl (C=O) groups excluding carboxylic acids is 2. The average Bonchev–Trinajstić information content (AvgIpc) is 3.10. The fourth-order valence-corrected chi connectivity index (χ4v) is 2.97. The van der Waals surface area contributed by atoms with Crippen LogP contribution >= 0.6 is 0 Å². The molecule has 3 rings (SSSR count). The van der Waals surface area contributed by atoms with E-state index in [2.05, 4.69) is 10.4 Å². The van der Waals surface area contributed by atoms with E-state index < -0.39 is 11.3 Å². The Hall–Kier alpha value is -1.89. The molecule has 2 aliphatic carbocycles. The van der Waals surface area contributed by atoms with Crippen LogP contribution in [0.4, 0.5) is 0 Å². The Morgan fingerprint density at radius 1 is 1.52 bits per heavy atom. The molecule has 7 nitrogen and oxygen atoms in total. The van der Waals surface area contributed by atoms with Gasteiger partial charge in [-0.1, -0.05) is 0 Å². The molecule has 0 bridgehead atoms. The minimum atomic E-state index is -1.02. The lowest BCUT2D eigenvalue weighted by Crippen LogP contribution is -2.46. The Bertz CT molecular complexity index is 573. The molecule has 2 amide bonds. The number of aliphatic hydroxyl groups excluding tert-OH is 1. The minimum Gasteiger partial charge on any atom is -0.393 e. The van der Waals surface area contributed by atoms with Gasteiger partial charge < -0.3 is 16.2 Å². The standard InChI is InChI=1S/C14H20N4O3/c1-18-7-9(6-16-18)11(8-4-10(19)5-8)17-13(21)14(2-3-14)12(15)20/h6-8,10-11,19H,2-5H2,1H3,(H2,15,20)(H,17,21). The van der Waals surface area contributed by atoms with Gasteiger partial charge >= 0.3 is 0 Å². The zero-order valence-corrected chi connectivity index (χ0v) is 12.0. The number of rotatable bonds is 5. The first-order chi connectivity index (χ1) is 9.92. The van der Waals surface area contributed by atoms with E-state index in [4.69, 9.17) is 5.73 Å². The Kier molecular flexibility index (Phi) is 3.24. The van der Waals surface area contributed by atoms with E-state index in [9.17, 15) is 14.7 Å². The summed E-state index contributed by atoms with van der Waals surface area (Å²) in [5.74, 6) is -0.694. The Balaban J connectivity index is 1.77. The summed E-state index contributed by atoms with van der Waals surface area (Å²) in [6, 6.07) is -0.230. The number of aromatic nitrogens is 2. The first-order valence-electron chi connectivity index (χ1n) is 7.20. The molecule has 0 spiro atoms. The highest BCUT2D eigenvalue weighted by Gasteiger charge is 2.56. The fraction of sp³-hybridized carbons (Fsp3) is 0.643. The van der Waals surface area contributed by atoms with Crippen LogP contribution in [0.3, 0.4) is 0 Å².